The van der Waals surface area contributed by atoms with E-state index in [1.165, 1.54) is 26.7 Å². The van der Waals surface area contributed by atoms with E-state index in [4.69, 9.17) is 9.47 Å². The summed E-state index contributed by atoms with van der Waals surface area (Å²) in [6.45, 7) is 18.1. The molecule has 2 fully saturated rings. The Kier molecular flexibility index (Phi) is 6.43. The lowest BCUT2D eigenvalue weighted by Crippen LogP contribution is -2.59. The molecule has 4 nitrogen and oxygen atoms in total. The third kappa shape index (κ3) is 4.46. The van der Waals surface area contributed by atoms with Crippen LogP contribution < -0.4 is 0 Å². The van der Waals surface area contributed by atoms with E-state index in [1.807, 2.05) is 6.92 Å². The van der Waals surface area contributed by atoms with E-state index in [-0.39, 0.29) is 23.3 Å². The van der Waals surface area contributed by atoms with E-state index in [1.54, 1.807) is 6.08 Å². The highest BCUT2D eigenvalue weighted by atomic mass is 16.6. The molecular weight excluding hydrogens is 352 g/mol. The molecule has 0 aromatic carbocycles. The van der Waals surface area contributed by atoms with Crippen molar-refractivity contribution >= 4 is 11.9 Å². The summed E-state index contributed by atoms with van der Waals surface area (Å²) in [5, 5.41) is 0. The first-order valence-electron chi connectivity index (χ1n) is 10.8. The van der Waals surface area contributed by atoms with Crippen LogP contribution in [0.5, 0.6) is 0 Å². The number of fused-ring (bicyclic) bond motifs is 1. The first-order valence-corrected chi connectivity index (χ1v) is 10.8. The minimum Gasteiger partial charge on any atom is -0.459 e. The smallest absolute Gasteiger partial charge is 0.303 e. The molecule has 0 heterocycles. The number of esters is 2. The molecule has 2 aliphatic carbocycles. The molecule has 2 aliphatic rings. The quantitative estimate of drug-likeness (QED) is 0.421. The van der Waals surface area contributed by atoms with Gasteiger partial charge in [0.1, 0.15) is 11.2 Å². The van der Waals surface area contributed by atoms with Crippen molar-refractivity contribution in [3.63, 3.8) is 0 Å². The Bertz CT molecular complexity index is 624. The number of rotatable bonds is 6. The lowest BCUT2D eigenvalue weighted by atomic mass is 9.45. The number of hydrogen-bond donors (Lipinski definition) is 0. The number of hydrogen-bond acceptors (Lipinski definition) is 4. The highest BCUT2D eigenvalue weighted by molar-refractivity contribution is 5.67. The van der Waals surface area contributed by atoms with Gasteiger partial charge in [-0.1, -0.05) is 33.8 Å². The summed E-state index contributed by atoms with van der Waals surface area (Å²) in [6.07, 6.45) is 8.83. The fraction of sp³-hybridized carbons (Fsp3) is 0.833. The number of carbonyl (C=O) groups excluding carboxylic acids is 2. The summed E-state index contributed by atoms with van der Waals surface area (Å²) in [6, 6.07) is 0. The maximum atomic E-state index is 11.9. The van der Waals surface area contributed by atoms with Crippen LogP contribution >= 0.6 is 0 Å². The van der Waals surface area contributed by atoms with Crippen LogP contribution in [-0.4, -0.2) is 23.1 Å². The summed E-state index contributed by atoms with van der Waals surface area (Å²) >= 11 is 0. The van der Waals surface area contributed by atoms with Gasteiger partial charge in [0.05, 0.1) is 0 Å². The fourth-order valence-corrected chi connectivity index (χ4v) is 6.65. The Hall–Kier alpha value is -1.32. The molecule has 0 saturated heterocycles. The molecule has 0 amide bonds. The molecule has 0 spiro atoms. The Labute approximate surface area is 171 Å². The first-order chi connectivity index (χ1) is 12.8. The molecule has 2 saturated carbocycles. The van der Waals surface area contributed by atoms with Gasteiger partial charge in [0.15, 0.2) is 0 Å². The molecular formula is C24H40O4. The molecule has 28 heavy (non-hydrogen) atoms. The first kappa shape index (κ1) is 23.0. The zero-order valence-electron chi connectivity index (χ0n) is 19.0. The molecule has 0 radical (unpaired) electrons. The topological polar surface area (TPSA) is 52.6 Å². The highest BCUT2D eigenvalue weighted by Crippen LogP contribution is 2.63. The minimum atomic E-state index is -0.698. The van der Waals surface area contributed by atoms with Crippen LogP contribution in [0.15, 0.2) is 12.7 Å². The molecule has 0 bridgehead atoms. The van der Waals surface area contributed by atoms with Crippen molar-refractivity contribution in [1.29, 1.82) is 0 Å². The van der Waals surface area contributed by atoms with Crippen LogP contribution in [0.4, 0.5) is 0 Å². The van der Waals surface area contributed by atoms with Crippen molar-refractivity contribution in [2.75, 3.05) is 0 Å². The van der Waals surface area contributed by atoms with Gasteiger partial charge in [0.2, 0.25) is 0 Å². The van der Waals surface area contributed by atoms with E-state index in [9.17, 15) is 9.59 Å². The molecule has 160 valence electrons. The van der Waals surface area contributed by atoms with Crippen LogP contribution in [0.1, 0.15) is 93.4 Å². The fourth-order valence-electron chi connectivity index (χ4n) is 6.65. The van der Waals surface area contributed by atoms with Gasteiger partial charge >= 0.3 is 11.9 Å². The number of ether oxygens (including phenoxy) is 2. The van der Waals surface area contributed by atoms with E-state index < -0.39 is 11.2 Å². The Morgan fingerprint density at radius 3 is 2.29 bits per heavy atom. The van der Waals surface area contributed by atoms with Crippen LogP contribution in [-0.2, 0) is 19.1 Å². The van der Waals surface area contributed by atoms with Crippen molar-refractivity contribution in [2.45, 2.75) is 105 Å². The summed E-state index contributed by atoms with van der Waals surface area (Å²) in [4.78, 5) is 23.5. The zero-order valence-corrected chi connectivity index (χ0v) is 19.0. The van der Waals surface area contributed by atoms with E-state index in [2.05, 4.69) is 34.3 Å². The van der Waals surface area contributed by atoms with Gasteiger partial charge in [0, 0.05) is 19.8 Å². The Morgan fingerprint density at radius 2 is 1.75 bits per heavy atom. The maximum Gasteiger partial charge on any atom is 0.303 e. The molecule has 0 aromatic rings. The average Bonchev–Trinajstić information content (AvgIpc) is 2.51. The van der Waals surface area contributed by atoms with Crippen molar-refractivity contribution in [3.8, 4) is 0 Å². The second kappa shape index (κ2) is 7.84. The molecule has 0 N–H and O–H groups in total. The van der Waals surface area contributed by atoms with Crippen LogP contribution in [0.3, 0.4) is 0 Å². The van der Waals surface area contributed by atoms with Gasteiger partial charge in [-0.15, -0.1) is 0 Å². The molecule has 0 aliphatic heterocycles. The van der Waals surface area contributed by atoms with E-state index in [0.717, 1.165) is 25.7 Å². The monoisotopic (exact) mass is 392 g/mol. The normalized spacial score (nSPS) is 36.5. The predicted octanol–water partition coefficient (Wildman–Crippen LogP) is 5.84. The number of carbonyl (C=O) groups is 2. The molecule has 0 aromatic heterocycles. The van der Waals surface area contributed by atoms with Gasteiger partial charge in [0.25, 0.3) is 0 Å². The van der Waals surface area contributed by atoms with Gasteiger partial charge in [-0.2, -0.15) is 0 Å². The van der Waals surface area contributed by atoms with Gasteiger partial charge in [-0.05, 0) is 75.2 Å². The SMILES string of the molecule is C=C[C@](C)(CC[C@@H]1[C@@]2(C)CCCC(C)(C)[C@@H]2CC[C@@]1(C)OC(C)=O)OC(C)=O. The second-order valence-electron chi connectivity index (χ2n) is 10.5. The third-order valence-electron chi connectivity index (χ3n) is 7.85. The van der Waals surface area contributed by atoms with Crippen molar-refractivity contribution in [3.05, 3.63) is 12.7 Å². The van der Waals surface area contributed by atoms with E-state index >= 15 is 0 Å². The second-order valence-corrected chi connectivity index (χ2v) is 10.5. The average molecular weight is 393 g/mol. The third-order valence-corrected chi connectivity index (χ3v) is 7.85. The summed E-state index contributed by atoms with van der Waals surface area (Å²) in [5.41, 5.74) is -0.789. The standard InChI is InChI=1S/C24H40O4/c1-9-22(6,27-17(2)25)15-11-20-23(7)14-10-13-21(4,5)19(23)12-16-24(20,8)28-18(3)26/h9,19-20H,1,10-16H2,2-8H3/t19-,20+,22+,23-,24+/m0/s1. The minimum absolute atomic E-state index is 0.0997. The van der Waals surface area contributed by atoms with Crippen molar-refractivity contribution in [1.82, 2.24) is 0 Å². The van der Waals surface area contributed by atoms with Gasteiger partial charge in [-0.3, -0.25) is 9.59 Å². The summed E-state index contributed by atoms with van der Waals surface area (Å²) in [5.74, 6) is 0.316. The largest absolute Gasteiger partial charge is 0.459 e. The van der Waals surface area contributed by atoms with Gasteiger partial charge in [-0.25, -0.2) is 0 Å². The summed E-state index contributed by atoms with van der Waals surface area (Å²) in [7, 11) is 0. The molecule has 5 atom stereocenters. The van der Waals surface area contributed by atoms with E-state index in [0.29, 0.717) is 17.8 Å². The molecule has 2 rings (SSSR count). The van der Waals surface area contributed by atoms with Gasteiger partial charge < -0.3 is 9.47 Å². The van der Waals surface area contributed by atoms with Crippen molar-refractivity contribution < 1.29 is 19.1 Å². The van der Waals surface area contributed by atoms with Crippen LogP contribution in [0.25, 0.3) is 0 Å². The summed E-state index contributed by atoms with van der Waals surface area (Å²) < 4.78 is 11.6. The van der Waals surface area contributed by atoms with Crippen LogP contribution in [0, 0.1) is 22.7 Å². The molecule has 4 heteroatoms. The van der Waals surface area contributed by atoms with Crippen LogP contribution in [0.2, 0.25) is 0 Å². The Balaban J connectivity index is 2.37. The Morgan fingerprint density at radius 1 is 1.11 bits per heavy atom. The lowest BCUT2D eigenvalue weighted by molar-refractivity contribution is -0.201. The lowest BCUT2D eigenvalue weighted by Gasteiger charge is -2.62. The van der Waals surface area contributed by atoms with Crippen molar-refractivity contribution in [2.24, 2.45) is 22.7 Å². The molecule has 0 unspecified atom stereocenters. The maximum absolute atomic E-state index is 11.9. The zero-order chi connectivity index (χ0) is 21.4. The predicted molar refractivity (Wildman–Crippen MR) is 112 cm³/mol. The highest BCUT2D eigenvalue weighted by Gasteiger charge is 2.59.